The number of benzene rings is 1. The molecule has 0 saturated carbocycles. The molecule has 0 saturated heterocycles. The summed E-state index contributed by atoms with van der Waals surface area (Å²) in [6.45, 7) is 4.12. The molecule has 2 nitrogen and oxygen atoms in total. The van der Waals surface area contributed by atoms with Crippen LogP contribution in [0.4, 0.5) is 8.78 Å². The molecule has 0 radical (unpaired) electrons. The van der Waals surface area contributed by atoms with Gasteiger partial charge in [-0.1, -0.05) is 13.0 Å². The second-order valence-electron chi connectivity index (χ2n) is 3.74. The molecular weight excluding hydrogens is 226 g/mol. The zero-order valence-electron chi connectivity index (χ0n) is 10.0. The van der Waals surface area contributed by atoms with E-state index in [1.54, 1.807) is 0 Å². The Balaban J connectivity index is 2.69. The van der Waals surface area contributed by atoms with Crippen molar-refractivity contribution in [2.45, 2.75) is 32.8 Å². The highest BCUT2D eigenvalue weighted by molar-refractivity contribution is 5.85. The Bertz CT molecular complexity index is 391. The summed E-state index contributed by atoms with van der Waals surface area (Å²) in [5, 5.41) is 0. The number of rotatable bonds is 6. The molecule has 0 aliphatic rings. The average molecular weight is 242 g/mol. The van der Waals surface area contributed by atoms with E-state index in [0.717, 1.165) is 12.1 Å². The van der Waals surface area contributed by atoms with Gasteiger partial charge in [0.2, 0.25) is 0 Å². The second-order valence-corrected chi connectivity index (χ2v) is 3.74. The summed E-state index contributed by atoms with van der Waals surface area (Å²) >= 11 is 0. The largest absolute Gasteiger partial charge is 0.371 e. The molecule has 0 aliphatic heterocycles. The van der Waals surface area contributed by atoms with Crippen LogP contribution in [0.3, 0.4) is 0 Å². The summed E-state index contributed by atoms with van der Waals surface area (Å²) in [5.74, 6) is -1.95. The molecule has 0 spiro atoms. The van der Waals surface area contributed by atoms with Gasteiger partial charge in [0.05, 0.1) is 0 Å². The van der Waals surface area contributed by atoms with Crippen LogP contribution in [0.5, 0.6) is 0 Å². The smallest absolute Gasteiger partial charge is 0.165 e. The minimum atomic E-state index is -0.931. The van der Waals surface area contributed by atoms with Gasteiger partial charge in [-0.2, -0.15) is 0 Å². The van der Waals surface area contributed by atoms with E-state index in [4.69, 9.17) is 4.74 Å². The first-order valence-corrected chi connectivity index (χ1v) is 5.66. The van der Waals surface area contributed by atoms with E-state index < -0.39 is 17.7 Å². The van der Waals surface area contributed by atoms with Crippen molar-refractivity contribution in [3.63, 3.8) is 0 Å². The highest BCUT2D eigenvalue weighted by atomic mass is 19.2. The second kappa shape index (κ2) is 6.45. The minimum Gasteiger partial charge on any atom is -0.371 e. The van der Waals surface area contributed by atoms with Crippen LogP contribution < -0.4 is 0 Å². The Morgan fingerprint density at radius 1 is 1.29 bits per heavy atom. The van der Waals surface area contributed by atoms with Gasteiger partial charge in [-0.25, -0.2) is 8.78 Å². The highest BCUT2D eigenvalue weighted by Crippen LogP contribution is 2.11. The van der Waals surface area contributed by atoms with E-state index in [1.165, 1.54) is 6.07 Å². The number of hydrogen-bond acceptors (Lipinski definition) is 2. The van der Waals surface area contributed by atoms with Gasteiger partial charge in [-0.05, 0) is 31.0 Å². The first-order valence-electron chi connectivity index (χ1n) is 5.66. The number of Topliss-reactive ketones (excluding diaryl/α,β-unsaturated/α-hetero) is 1. The zero-order valence-corrected chi connectivity index (χ0v) is 10.0. The molecule has 0 heterocycles. The molecule has 0 bridgehead atoms. The number of carbonyl (C=O) groups is 1. The van der Waals surface area contributed by atoms with Gasteiger partial charge in [0.1, 0.15) is 6.10 Å². The number of halogens is 2. The summed E-state index contributed by atoms with van der Waals surface area (Å²) in [4.78, 5) is 11.8. The van der Waals surface area contributed by atoms with E-state index in [1.807, 2.05) is 13.8 Å². The van der Waals surface area contributed by atoms with E-state index >= 15 is 0 Å². The third-order valence-electron chi connectivity index (χ3n) is 2.46. The quantitative estimate of drug-likeness (QED) is 0.766. The lowest BCUT2D eigenvalue weighted by atomic mass is 10.0. The third kappa shape index (κ3) is 3.89. The normalized spacial score (nSPS) is 12.5. The predicted molar refractivity (Wildman–Crippen MR) is 60.8 cm³/mol. The summed E-state index contributed by atoms with van der Waals surface area (Å²) in [6, 6.07) is 3.49. The minimum absolute atomic E-state index is 0.0652. The Labute approximate surface area is 99.6 Å². The molecule has 0 aromatic heterocycles. The Kier molecular flexibility index (Phi) is 5.22. The molecule has 0 N–H and O–H groups in total. The van der Waals surface area contributed by atoms with Gasteiger partial charge in [0.25, 0.3) is 0 Å². The summed E-state index contributed by atoms with van der Waals surface area (Å²) in [6.07, 6.45) is 0.180. The van der Waals surface area contributed by atoms with Gasteiger partial charge < -0.3 is 4.74 Å². The van der Waals surface area contributed by atoms with E-state index in [9.17, 15) is 13.6 Å². The average Bonchev–Trinajstić information content (AvgIpc) is 2.30. The number of ketones is 1. The Hall–Kier alpha value is -1.29. The summed E-state index contributed by atoms with van der Waals surface area (Å²) in [5.41, 5.74) is 0.465. The van der Waals surface area contributed by atoms with Gasteiger partial charge >= 0.3 is 0 Å². The van der Waals surface area contributed by atoms with Crippen LogP contribution in [0.15, 0.2) is 18.2 Å². The standard InChI is InChI=1S/C13H16F2O2/c1-3-13(17-4-2)12(16)8-9-5-6-10(14)11(15)7-9/h5-7,13H,3-4,8H2,1-2H3. The van der Waals surface area contributed by atoms with Crippen molar-refractivity contribution in [3.8, 4) is 0 Å². The lowest BCUT2D eigenvalue weighted by Gasteiger charge is -2.13. The summed E-state index contributed by atoms with van der Waals surface area (Å²) in [7, 11) is 0. The molecule has 0 fully saturated rings. The molecule has 1 unspecified atom stereocenters. The maximum atomic E-state index is 12.9. The van der Waals surface area contributed by atoms with Gasteiger partial charge in [0.15, 0.2) is 17.4 Å². The fraction of sp³-hybridized carbons (Fsp3) is 0.462. The maximum absolute atomic E-state index is 12.9. The van der Waals surface area contributed by atoms with Gasteiger partial charge in [-0.15, -0.1) is 0 Å². The summed E-state index contributed by atoms with van der Waals surface area (Å²) < 4.78 is 30.9. The van der Waals surface area contributed by atoms with Crippen LogP contribution in [0.2, 0.25) is 0 Å². The molecule has 1 rings (SSSR count). The first kappa shape index (κ1) is 13.8. The monoisotopic (exact) mass is 242 g/mol. The molecule has 0 aliphatic carbocycles. The maximum Gasteiger partial charge on any atom is 0.165 e. The fourth-order valence-electron chi connectivity index (χ4n) is 1.60. The zero-order chi connectivity index (χ0) is 12.8. The molecule has 4 heteroatoms. The lowest BCUT2D eigenvalue weighted by Crippen LogP contribution is -2.25. The van der Waals surface area contributed by atoms with Gasteiger partial charge in [0, 0.05) is 13.0 Å². The highest BCUT2D eigenvalue weighted by Gasteiger charge is 2.17. The van der Waals surface area contributed by atoms with Crippen molar-refractivity contribution in [1.29, 1.82) is 0 Å². The topological polar surface area (TPSA) is 26.3 Å². The van der Waals surface area contributed by atoms with E-state index in [2.05, 4.69) is 0 Å². The lowest BCUT2D eigenvalue weighted by molar-refractivity contribution is -0.129. The van der Waals surface area contributed by atoms with Crippen LogP contribution >= 0.6 is 0 Å². The molecule has 94 valence electrons. The van der Waals surface area contributed by atoms with Crippen LogP contribution in [-0.4, -0.2) is 18.5 Å². The van der Waals surface area contributed by atoms with Crippen molar-refractivity contribution in [2.24, 2.45) is 0 Å². The molecule has 0 amide bonds. The van der Waals surface area contributed by atoms with E-state index in [-0.39, 0.29) is 12.2 Å². The Morgan fingerprint density at radius 2 is 2.00 bits per heavy atom. The number of ether oxygens (including phenoxy) is 1. The fourth-order valence-corrected chi connectivity index (χ4v) is 1.60. The van der Waals surface area contributed by atoms with Crippen LogP contribution in [0.1, 0.15) is 25.8 Å². The van der Waals surface area contributed by atoms with Crippen molar-refractivity contribution in [3.05, 3.63) is 35.4 Å². The molecular formula is C13H16F2O2. The first-order chi connectivity index (χ1) is 8.08. The molecule has 17 heavy (non-hydrogen) atoms. The third-order valence-corrected chi connectivity index (χ3v) is 2.46. The van der Waals surface area contributed by atoms with Crippen molar-refractivity contribution >= 4 is 5.78 Å². The SMILES string of the molecule is CCOC(CC)C(=O)Cc1ccc(F)c(F)c1. The van der Waals surface area contributed by atoms with Crippen LogP contribution in [0.25, 0.3) is 0 Å². The van der Waals surface area contributed by atoms with Crippen molar-refractivity contribution < 1.29 is 18.3 Å². The number of hydrogen-bond donors (Lipinski definition) is 0. The van der Waals surface area contributed by atoms with Gasteiger partial charge in [-0.3, -0.25) is 4.79 Å². The van der Waals surface area contributed by atoms with Crippen LogP contribution in [-0.2, 0) is 16.0 Å². The van der Waals surface area contributed by atoms with Crippen molar-refractivity contribution in [2.75, 3.05) is 6.61 Å². The predicted octanol–water partition coefficient (Wildman–Crippen LogP) is 2.89. The number of carbonyl (C=O) groups excluding carboxylic acids is 1. The van der Waals surface area contributed by atoms with E-state index in [0.29, 0.717) is 18.6 Å². The molecule has 1 aromatic rings. The molecule has 1 atom stereocenters. The van der Waals surface area contributed by atoms with Crippen LogP contribution in [0, 0.1) is 11.6 Å². The molecule has 1 aromatic carbocycles. The Morgan fingerprint density at radius 3 is 2.53 bits per heavy atom. The van der Waals surface area contributed by atoms with Crippen molar-refractivity contribution in [1.82, 2.24) is 0 Å².